The molecule has 1 rings (SSSR count). The smallest absolute Gasteiger partial charge is 0.234 e. The normalized spacial score (nSPS) is 11.4. The maximum Gasteiger partial charge on any atom is 0.256 e. The van der Waals surface area contributed by atoms with E-state index in [1.54, 1.807) is 5.82 Å². The first-order valence-corrected chi connectivity index (χ1v) is 12.9. The van der Waals surface area contributed by atoms with Crippen molar-refractivity contribution in [3.05, 3.63) is 18.2 Å². The van der Waals surface area contributed by atoms with E-state index in [9.17, 15) is 0 Å². The van der Waals surface area contributed by atoms with Crippen LogP contribution >= 0.6 is 0 Å². The van der Waals surface area contributed by atoms with Crippen LogP contribution in [0, 0.1) is 0 Å². The van der Waals surface area contributed by atoms with Crippen LogP contribution in [0.3, 0.4) is 0 Å². The van der Waals surface area contributed by atoms with Gasteiger partial charge in [0.05, 0.1) is 13.1 Å². The minimum atomic E-state index is 1.19. The van der Waals surface area contributed by atoms with E-state index < -0.39 is 0 Å². The number of rotatable bonds is 20. The van der Waals surface area contributed by atoms with Crippen molar-refractivity contribution in [2.24, 2.45) is 0 Å². The topological polar surface area (TPSA) is 8.81 Å². The predicted octanol–water partition coefficient (Wildman–Crippen LogP) is 8.01. The van der Waals surface area contributed by atoms with Gasteiger partial charge in [0.1, 0.15) is 12.4 Å². The summed E-state index contributed by atoms with van der Waals surface area (Å²) in [4.78, 5) is 0. The highest BCUT2D eigenvalue weighted by molar-refractivity contribution is 4.84. The van der Waals surface area contributed by atoms with Crippen molar-refractivity contribution in [2.75, 3.05) is 0 Å². The third-order valence-electron chi connectivity index (χ3n) is 6.07. The summed E-state index contributed by atoms with van der Waals surface area (Å²) in [6.07, 6.45) is 29.8. The number of aryl methyl sites for hydroxylation is 2. The van der Waals surface area contributed by atoms with E-state index in [0.29, 0.717) is 0 Å². The van der Waals surface area contributed by atoms with Crippen molar-refractivity contribution >= 4 is 0 Å². The minimum Gasteiger partial charge on any atom is -0.234 e. The molecule has 1 heterocycles. The Morgan fingerprint density at radius 3 is 1.61 bits per heavy atom. The van der Waals surface area contributed by atoms with Crippen molar-refractivity contribution in [2.45, 2.75) is 149 Å². The molecule has 0 aromatic carbocycles. The second kappa shape index (κ2) is 18.3. The van der Waals surface area contributed by atoms with Crippen LogP contribution in [-0.2, 0) is 19.5 Å². The van der Waals surface area contributed by atoms with Crippen LogP contribution in [-0.4, -0.2) is 4.57 Å². The summed E-state index contributed by atoms with van der Waals surface area (Å²) in [6.45, 7) is 9.29. The number of imidazole rings is 1. The number of unbranched alkanes of at least 4 members (excludes halogenated alkanes) is 14. The molecule has 0 N–H and O–H groups in total. The largest absolute Gasteiger partial charge is 0.256 e. The molecule has 1 aromatic rings. The van der Waals surface area contributed by atoms with Crippen LogP contribution in [0.25, 0.3) is 0 Å². The lowest BCUT2D eigenvalue weighted by Gasteiger charge is -2.05. The lowest BCUT2D eigenvalue weighted by atomic mass is 10.0. The van der Waals surface area contributed by atoms with Gasteiger partial charge in [-0.15, -0.1) is 0 Å². The Kier molecular flexibility index (Phi) is 16.5. The second-order valence-electron chi connectivity index (χ2n) is 8.80. The molecule has 0 saturated carbocycles. The molecule has 0 unspecified atom stereocenters. The highest BCUT2D eigenvalue weighted by atomic mass is 15.1. The minimum absolute atomic E-state index is 1.19. The molecule has 0 amide bonds. The molecule has 0 fully saturated rings. The fraction of sp³-hybridized carbons (Fsp3) is 0.885. The van der Waals surface area contributed by atoms with Gasteiger partial charge in [-0.05, 0) is 25.7 Å². The van der Waals surface area contributed by atoms with E-state index in [-0.39, 0.29) is 0 Å². The number of aromatic nitrogens is 2. The maximum atomic E-state index is 2.53. The highest BCUT2D eigenvalue weighted by Crippen LogP contribution is 2.13. The van der Waals surface area contributed by atoms with Crippen molar-refractivity contribution in [3.8, 4) is 0 Å². The molecule has 0 aliphatic carbocycles. The summed E-state index contributed by atoms with van der Waals surface area (Å²) in [5, 5.41) is 0. The molecule has 0 bridgehead atoms. The standard InChI is InChI=1S/C26H51N2/c1-4-7-9-10-11-12-13-14-15-16-17-18-19-20-23-28-25-24-27(22-8-5-2)26(28)21-6-3/h24-25H,4-23H2,1-3H3/q+1. The van der Waals surface area contributed by atoms with Gasteiger partial charge in [-0.1, -0.05) is 104 Å². The molecule has 2 heteroatoms. The summed E-state index contributed by atoms with van der Waals surface area (Å²) >= 11 is 0. The van der Waals surface area contributed by atoms with Crippen molar-refractivity contribution in [3.63, 3.8) is 0 Å². The molecule has 0 aliphatic heterocycles. The zero-order chi connectivity index (χ0) is 20.3. The third-order valence-corrected chi connectivity index (χ3v) is 6.07. The first-order chi connectivity index (χ1) is 13.8. The second-order valence-corrected chi connectivity index (χ2v) is 8.80. The van der Waals surface area contributed by atoms with Crippen LogP contribution in [0.5, 0.6) is 0 Å². The lowest BCUT2D eigenvalue weighted by Crippen LogP contribution is -2.37. The summed E-state index contributed by atoms with van der Waals surface area (Å²) in [7, 11) is 0. The average molecular weight is 392 g/mol. The van der Waals surface area contributed by atoms with Crippen LogP contribution in [0.1, 0.15) is 136 Å². The van der Waals surface area contributed by atoms with Crippen LogP contribution < -0.4 is 4.57 Å². The molecule has 0 saturated heterocycles. The van der Waals surface area contributed by atoms with E-state index in [1.807, 2.05) is 0 Å². The van der Waals surface area contributed by atoms with Gasteiger partial charge < -0.3 is 0 Å². The van der Waals surface area contributed by atoms with E-state index in [4.69, 9.17) is 0 Å². The molecule has 28 heavy (non-hydrogen) atoms. The Morgan fingerprint density at radius 2 is 1.11 bits per heavy atom. The molecule has 0 atom stereocenters. The Bertz CT molecular complexity index is 449. The van der Waals surface area contributed by atoms with E-state index in [1.165, 1.54) is 129 Å². The van der Waals surface area contributed by atoms with Crippen LogP contribution in [0.2, 0.25) is 0 Å². The van der Waals surface area contributed by atoms with Gasteiger partial charge in [0.25, 0.3) is 5.82 Å². The zero-order valence-corrected chi connectivity index (χ0v) is 19.7. The Morgan fingerprint density at radius 1 is 0.607 bits per heavy atom. The van der Waals surface area contributed by atoms with Crippen molar-refractivity contribution in [1.82, 2.24) is 4.57 Å². The summed E-state index contributed by atoms with van der Waals surface area (Å²) in [6, 6.07) is 0. The summed E-state index contributed by atoms with van der Waals surface area (Å²) in [5.74, 6) is 1.55. The molecule has 164 valence electrons. The van der Waals surface area contributed by atoms with Gasteiger partial charge >= 0.3 is 0 Å². The molecule has 0 radical (unpaired) electrons. The van der Waals surface area contributed by atoms with Gasteiger partial charge in [-0.3, -0.25) is 0 Å². The summed E-state index contributed by atoms with van der Waals surface area (Å²) < 4.78 is 5.02. The predicted molar refractivity (Wildman–Crippen MR) is 124 cm³/mol. The number of nitrogens with zero attached hydrogens (tertiary/aromatic N) is 2. The quantitative estimate of drug-likeness (QED) is 0.157. The molecule has 0 aliphatic rings. The molecular weight excluding hydrogens is 340 g/mol. The SMILES string of the molecule is CCCCCCCCCCCCCCCC[n+]1ccn(CCCC)c1CCC. The molecule has 1 aromatic heterocycles. The van der Waals surface area contributed by atoms with Crippen LogP contribution in [0.15, 0.2) is 12.4 Å². The van der Waals surface area contributed by atoms with Gasteiger partial charge in [-0.2, -0.15) is 0 Å². The lowest BCUT2D eigenvalue weighted by molar-refractivity contribution is -0.704. The molecular formula is C26H51N2+. The Balaban J connectivity index is 2.00. The fourth-order valence-electron chi connectivity index (χ4n) is 4.22. The monoisotopic (exact) mass is 391 g/mol. The average Bonchev–Trinajstić information content (AvgIpc) is 3.08. The van der Waals surface area contributed by atoms with Gasteiger partial charge in [0, 0.05) is 6.42 Å². The first kappa shape index (κ1) is 25.2. The first-order valence-electron chi connectivity index (χ1n) is 12.9. The van der Waals surface area contributed by atoms with Crippen molar-refractivity contribution in [1.29, 1.82) is 0 Å². The Hall–Kier alpha value is -0.790. The van der Waals surface area contributed by atoms with Gasteiger partial charge in [-0.25, -0.2) is 9.13 Å². The molecule has 2 nitrogen and oxygen atoms in total. The van der Waals surface area contributed by atoms with Gasteiger partial charge in [0.15, 0.2) is 0 Å². The van der Waals surface area contributed by atoms with Crippen molar-refractivity contribution < 1.29 is 4.57 Å². The van der Waals surface area contributed by atoms with E-state index >= 15 is 0 Å². The van der Waals surface area contributed by atoms with Crippen LogP contribution in [0.4, 0.5) is 0 Å². The highest BCUT2D eigenvalue weighted by Gasteiger charge is 2.15. The fourth-order valence-corrected chi connectivity index (χ4v) is 4.22. The molecule has 0 spiro atoms. The van der Waals surface area contributed by atoms with E-state index in [0.717, 1.165) is 0 Å². The summed E-state index contributed by atoms with van der Waals surface area (Å²) in [5.41, 5.74) is 0. The number of hydrogen-bond acceptors (Lipinski definition) is 0. The number of hydrogen-bond donors (Lipinski definition) is 0. The third kappa shape index (κ3) is 11.9. The van der Waals surface area contributed by atoms with Gasteiger partial charge in [0.2, 0.25) is 0 Å². The van der Waals surface area contributed by atoms with E-state index in [2.05, 4.69) is 42.3 Å². The Labute approximate surface area is 177 Å². The zero-order valence-electron chi connectivity index (χ0n) is 19.7. The maximum absolute atomic E-state index is 2.53.